The number of isocyanates is 2. The number of aliphatic hydroxyl groups is 1. The van der Waals surface area contributed by atoms with Crippen molar-refractivity contribution in [1.29, 1.82) is 0 Å². The molecule has 406 valence electrons. The summed E-state index contributed by atoms with van der Waals surface area (Å²) in [5, 5.41) is 13.2. The zero-order valence-electron chi connectivity index (χ0n) is 44.2. The van der Waals surface area contributed by atoms with Crippen molar-refractivity contribution in [3.05, 3.63) is 246 Å². The zero-order chi connectivity index (χ0) is 58.1. The first-order chi connectivity index (χ1) is 39.0. The number of hydrogen-bond acceptors (Lipinski definition) is 12. The molecular weight excluding hydrogens is 1130 g/mol. The summed E-state index contributed by atoms with van der Waals surface area (Å²) in [6.45, 7) is 16.2. The quantitative estimate of drug-likeness (QED) is 0.0179. The fourth-order valence-corrected chi connectivity index (χ4v) is 4.05. The van der Waals surface area contributed by atoms with Crippen LogP contribution in [-0.4, -0.2) is 99.7 Å². The summed E-state index contributed by atoms with van der Waals surface area (Å²) in [7, 11) is 0. The van der Waals surface area contributed by atoms with Crippen molar-refractivity contribution < 1.29 is 48.0 Å². The van der Waals surface area contributed by atoms with E-state index in [0.29, 0.717) is 32.7 Å². The maximum absolute atomic E-state index is 12.3. The number of unbranched alkanes of at least 4 members (excludes halogenated alkanes) is 9. The van der Waals surface area contributed by atoms with Crippen LogP contribution in [0.1, 0.15) is 84.5 Å². The summed E-state index contributed by atoms with van der Waals surface area (Å²) >= 11 is 0. The number of rotatable bonds is 27. The van der Waals surface area contributed by atoms with E-state index in [1.54, 1.807) is 0 Å². The van der Waals surface area contributed by atoms with E-state index < -0.39 is 12.2 Å². The molecule has 0 bridgehead atoms. The molecule has 0 unspecified atom stereocenters. The van der Waals surface area contributed by atoms with Crippen LogP contribution in [0.25, 0.3) is 0 Å². The molecule has 0 heterocycles. The number of aliphatic hydroxyl groups excluding tert-OH is 1. The minimum absolute atomic E-state index is 0. The monoisotopic (exact) mass is 1190 g/mol. The molecular formula is C66H58N4O10Sn. The van der Waals surface area contributed by atoms with Gasteiger partial charge in [-0.25, -0.2) is 19.2 Å². The van der Waals surface area contributed by atoms with E-state index in [1.807, 2.05) is 0 Å². The Labute approximate surface area is 490 Å². The van der Waals surface area contributed by atoms with Crippen molar-refractivity contribution in [3.63, 3.8) is 0 Å². The fraction of sp³-hybridized carbons (Fsp3) is 0.303. The number of carbonyl (C=O) groups is 2. The van der Waals surface area contributed by atoms with Crippen LogP contribution < -0.4 is 10.6 Å². The van der Waals surface area contributed by atoms with Gasteiger partial charge >= 0.3 is 36.1 Å². The average molecular weight is 1190 g/mol. The van der Waals surface area contributed by atoms with Crippen LogP contribution in [-0.2, 0) is 33.3 Å². The van der Waals surface area contributed by atoms with Gasteiger partial charge in [-0.1, -0.05) is 39.3 Å². The van der Waals surface area contributed by atoms with Crippen molar-refractivity contribution in [2.75, 3.05) is 46.3 Å². The number of ether oxygens (including phenoxy) is 5. The van der Waals surface area contributed by atoms with Crippen molar-refractivity contribution >= 4 is 48.3 Å². The third kappa shape index (κ3) is 78.0. The summed E-state index contributed by atoms with van der Waals surface area (Å²) in [5.74, 6) is -0.169. The Morgan fingerprint density at radius 2 is 0.642 bits per heavy atom. The van der Waals surface area contributed by atoms with Gasteiger partial charge in [0.05, 0.1) is 51.8 Å². The van der Waals surface area contributed by atoms with E-state index in [4.69, 9.17) is 28.8 Å². The number of nitrogens with zero attached hydrogens (tertiary/aromatic N) is 2. The first kappa shape index (κ1) is 78.8. The van der Waals surface area contributed by atoms with Gasteiger partial charge in [-0.05, 0) is 175 Å². The first-order valence-corrected chi connectivity index (χ1v) is 23.3. The molecule has 3 N–H and O–H groups in total. The maximum atomic E-state index is 12.3. The molecule has 0 aliphatic carbocycles. The second-order valence-electron chi connectivity index (χ2n) is 12.9. The molecule has 0 aromatic rings. The number of nitrogens with one attached hydrogen (secondary N) is 2. The third-order valence-corrected chi connectivity index (χ3v) is 7.24. The third-order valence-electron chi connectivity index (χ3n) is 7.24. The van der Waals surface area contributed by atoms with Crippen molar-refractivity contribution in [2.45, 2.75) is 84.5 Å². The molecule has 2 radical (unpaired) electrons. The second-order valence-corrected chi connectivity index (χ2v) is 12.9. The average Bonchev–Trinajstić information content (AvgIpc) is 3.45. The van der Waals surface area contributed by atoms with Crippen molar-refractivity contribution in [3.8, 4) is 0 Å². The number of alkyl carbamates (subject to hydrolysis) is 2. The topological polar surface area (TPSA) is 183 Å². The van der Waals surface area contributed by atoms with Crippen LogP contribution in [0.15, 0.2) is 256 Å². The predicted octanol–water partition coefficient (Wildman–Crippen LogP) is 10.7. The molecule has 2 amide bonds. The van der Waals surface area contributed by atoms with Crippen LogP contribution >= 0.6 is 0 Å². The molecule has 0 fully saturated rings. The molecule has 0 saturated heterocycles. The second kappa shape index (κ2) is 75.5. The SMILES string of the molecule is C.C=C=C=C=C=C=C=C=C=C=C=C=C=C=C=C=C=C=C=C=C=C=C=C=C=C=C=C=C=C=C=C=C=C=C=C(NC(=O)OCCCCCCOC=C)NC(=O)OCCCCCCOC=C.C=COCCCCCCO.O=C=NCN=C=O.[SnH2]. The standard InChI is InChI=1S/C54H34N2O6.C8H16O2.C3H2N2O2.CH4.Sn.2H/c1-4-7-8-9-10-11-12-13-14-15-16-17-18-19-20-21-22-23-24-25-26-27-28-29-30-31-32-33-34-35-36-37-42-47-52(55-53(57)61-50-45-40-38-43-48-59-5-2)56-54(58)62-51-46-41-39-44-49-60-6-3;1-2-10-8-6-4-3-5-7-9;6-2-4-1-5-3-7;;;;/h5-6H,1-3,38-41,43-46,48-51H2,(H,55,57)(H,56,58);2,9H,1,3-8H2;1H2;1H4;;;. The zero-order valence-corrected chi connectivity index (χ0v) is 48.3. The first-order valence-electron chi connectivity index (χ1n) is 23.3. The van der Waals surface area contributed by atoms with Crippen molar-refractivity contribution in [2.24, 2.45) is 9.98 Å². The van der Waals surface area contributed by atoms with Gasteiger partial charge in [0.2, 0.25) is 12.2 Å². The summed E-state index contributed by atoms with van der Waals surface area (Å²) in [6, 6.07) is 0. The van der Waals surface area contributed by atoms with E-state index in [9.17, 15) is 19.2 Å². The van der Waals surface area contributed by atoms with Crippen LogP contribution in [0.4, 0.5) is 9.59 Å². The fourth-order valence-electron chi connectivity index (χ4n) is 4.05. The normalized spacial score (nSPS) is 6.68. The number of aliphatic imine (C=N–C) groups is 2. The van der Waals surface area contributed by atoms with Gasteiger partial charge in [-0.2, -0.15) is 9.98 Å². The molecule has 0 aromatic heterocycles. The van der Waals surface area contributed by atoms with E-state index in [-0.39, 0.29) is 57.0 Å². The Morgan fingerprint density at radius 3 is 0.889 bits per heavy atom. The Morgan fingerprint density at radius 1 is 0.395 bits per heavy atom. The van der Waals surface area contributed by atoms with E-state index in [2.05, 4.69) is 242 Å². The van der Waals surface area contributed by atoms with Crippen LogP contribution in [0.5, 0.6) is 0 Å². The summed E-state index contributed by atoms with van der Waals surface area (Å²) in [6.07, 6.45) is 15.8. The number of hydrogen-bond donors (Lipinski definition) is 3. The molecule has 0 aliphatic heterocycles. The molecule has 0 aliphatic rings. The Hall–Kier alpha value is -11.1. The van der Waals surface area contributed by atoms with Gasteiger partial charge in [-0.3, -0.25) is 10.6 Å². The van der Waals surface area contributed by atoms with Crippen LogP contribution in [0.2, 0.25) is 0 Å². The number of carbonyl (C=O) groups excluding carboxylic acids is 4. The van der Waals surface area contributed by atoms with E-state index in [0.717, 1.165) is 70.8 Å². The van der Waals surface area contributed by atoms with Crippen LogP contribution in [0.3, 0.4) is 0 Å². The summed E-state index contributed by atoms with van der Waals surface area (Å²) in [5.41, 5.74) is 84.6. The predicted molar refractivity (Wildman–Crippen MR) is 305 cm³/mol. The Kier molecular flexibility index (Phi) is 73.4. The van der Waals surface area contributed by atoms with Gasteiger partial charge in [0.15, 0.2) is 12.5 Å². The molecule has 15 heteroatoms. The van der Waals surface area contributed by atoms with Gasteiger partial charge in [-0.15, -0.1) is 0 Å². The molecule has 81 heavy (non-hydrogen) atoms. The Bertz CT molecular complexity index is 3480. The van der Waals surface area contributed by atoms with Gasteiger partial charge in [0.1, 0.15) is 0 Å². The summed E-state index contributed by atoms with van der Waals surface area (Å²) in [4.78, 5) is 48.9. The molecule has 0 spiro atoms. The molecule has 0 aromatic carbocycles. The van der Waals surface area contributed by atoms with Gasteiger partial charge < -0.3 is 28.8 Å². The van der Waals surface area contributed by atoms with Crippen molar-refractivity contribution in [1.82, 2.24) is 10.6 Å². The Balaban J connectivity index is -0.000000866. The molecule has 0 saturated carbocycles. The summed E-state index contributed by atoms with van der Waals surface area (Å²) < 4.78 is 25.4. The molecule has 0 atom stereocenters. The number of amides is 2. The van der Waals surface area contributed by atoms with Crippen LogP contribution in [0, 0.1) is 0 Å². The molecule has 0 rings (SSSR count). The van der Waals surface area contributed by atoms with E-state index >= 15 is 0 Å². The van der Waals surface area contributed by atoms with Gasteiger partial charge in [0, 0.05) is 98.3 Å². The molecule has 14 nitrogen and oxygen atoms in total. The van der Waals surface area contributed by atoms with Gasteiger partial charge in [0.25, 0.3) is 0 Å². The minimum atomic E-state index is -0.797. The van der Waals surface area contributed by atoms with E-state index in [1.165, 1.54) is 30.9 Å².